The maximum atomic E-state index is 13.1. The third-order valence-electron chi connectivity index (χ3n) is 5.26. The van der Waals surface area contributed by atoms with E-state index >= 15 is 0 Å². The molecular weight excluding hydrogens is 352 g/mol. The van der Waals surface area contributed by atoms with Crippen molar-refractivity contribution in [2.75, 3.05) is 13.7 Å². The van der Waals surface area contributed by atoms with Gasteiger partial charge in [-0.3, -0.25) is 4.79 Å². The van der Waals surface area contributed by atoms with Gasteiger partial charge >= 0.3 is 0 Å². The molecule has 6 nitrogen and oxygen atoms in total. The van der Waals surface area contributed by atoms with Crippen molar-refractivity contribution in [1.29, 1.82) is 0 Å². The first-order valence-corrected chi connectivity index (χ1v) is 9.42. The van der Waals surface area contributed by atoms with Crippen LogP contribution in [0.4, 0.5) is 0 Å². The summed E-state index contributed by atoms with van der Waals surface area (Å²) in [5.74, 6) is 1.31. The summed E-state index contributed by atoms with van der Waals surface area (Å²) in [7, 11) is 1.64. The van der Waals surface area contributed by atoms with E-state index in [0.29, 0.717) is 11.5 Å². The zero-order valence-electron chi connectivity index (χ0n) is 15.6. The number of methoxy groups -OCH3 is 1. The summed E-state index contributed by atoms with van der Waals surface area (Å²) in [5, 5.41) is 3.87. The van der Waals surface area contributed by atoms with Crippen molar-refractivity contribution in [3.8, 4) is 17.0 Å². The van der Waals surface area contributed by atoms with E-state index in [1.807, 2.05) is 53.1 Å². The number of benzene rings is 1. The molecule has 0 saturated heterocycles. The molecule has 6 heteroatoms. The Labute approximate surface area is 162 Å². The lowest BCUT2D eigenvalue weighted by Crippen LogP contribution is -2.25. The van der Waals surface area contributed by atoms with Crippen LogP contribution in [0.25, 0.3) is 27.8 Å². The monoisotopic (exact) mass is 372 g/mol. The van der Waals surface area contributed by atoms with Gasteiger partial charge in [-0.2, -0.15) is 0 Å². The van der Waals surface area contributed by atoms with E-state index in [1.54, 1.807) is 13.4 Å². The average Bonchev–Trinajstić information content (AvgIpc) is 3.52. The number of amides is 1. The Morgan fingerprint density at radius 3 is 2.75 bits per heavy atom. The number of nitrogens with one attached hydrogen (secondary N) is 1. The summed E-state index contributed by atoms with van der Waals surface area (Å²) in [6.45, 7) is 0.718. The van der Waals surface area contributed by atoms with Crippen molar-refractivity contribution in [3.63, 3.8) is 0 Å². The molecular formula is C22H20N4O2. The molecule has 1 saturated carbocycles. The van der Waals surface area contributed by atoms with Crippen molar-refractivity contribution in [2.24, 2.45) is 5.92 Å². The number of fused-ring (bicyclic) bond motifs is 3. The second-order valence-corrected chi connectivity index (χ2v) is 7.13. The smallest absolute Gasteiger partial charge is 0.254 e. The molecule has 0 radical (unpaired) electrons. The fourth-order valence-corrected chi connectivity index (χ4v) is 3.59. The molecule has 1 aromatic carbocycles. The van der Waals surface area contributed by atoms with Crippen LogP contribution in [0.5, 0.6) is 5.75 Å². The molecule has 4 aromatic rings. The molecule has 28 heavy (non-hydrogen) atoms. The van der Waals surface area contributed by atoms with E-state index in [2.05, 4.69) is 15.3 Å². The van der Waals surface area contributed by atoms with Crippen molar-refractivity contribution in [2.45, 2.75) is 12.8 Å². The summed E-state index contributed by atoms with van der Waals surface area (Å²) in [4.78, 5) is 22.2. The minimum atomic E-state index is -0.0739. The van der Waals surface area contributed by atoms with Gasteiger partial charge in [-0.15, -0.1) is 0 Å². The number of aromatic nitrogens is 3. The lowest BCUT2D eigenvalue weighted by atomic mass is 10.0. The molecule has 1 aliphatic rings. The van der Waals surface area contributed by atoms with E-state index in [1.165, 1.54) is 12.8 Å². The van der Waals surface area contributed by atoms with E-state index < -0.39 is 0 Å². The maximum Gasteiger partial charge on any atom is 0.254 e. The first kappa shape index (κ1) is 16.7. The van der Waals surface area contributed by atoms with Gasteiger partial charge in [0, 0.05) is 18.3 Å². The average molecular weight is 372 g/mol. The molecule has 0 atom stereocenters. The summed E-state index contributed by atoms with van der Waals surface area (Å²) in [5.41, 5.74) is 3.85. The Hall–Kier alpha value is -3.41. The Morgan fingerprint density at radius 1 is 1.18 bits per heavy atom. The normalized spacial score (nSPS) is 13.8. The van der Waals surface area contributed by atoms with Gasteiger partial charge in [-0.05, 0) is 55.2 Å². The second kappa shape index (κ2) is 6.64. The zero-order chi connectivity index (χ0) is 19.1. The van der Waals surface area contributed by atoms with Crippen LogP contribution in [-0.2, 0) is 0 Å². The molecule has 3 heterocycles. The van der Waals surface area contributed by atoms with Gasteiger partial charge in [0.05, 0.1) is 29.3 Å². The van der Waals surface area contributed by atoms with Crippen LogP contribution in [-0.4, -0.2) is 33.9 Å². The number of hydrogen-bond acceptors (Lipinski definition) is 4. The number of hydrogen-bond donors (Lipinski definition) is 1. The van der Waals surface area contributed by atoms with Crippen LogP contribution in [0.2, 0.25) is 0 Å². The molecule has 0 spiro atoms. The summed E-state index contributed by atoms with van der Waals surface area (Å²) < 4.78 is 7.22. The van der Waals surface area contributed by atoms with Crippen LogP contribution in [0.15, 0.2) is 55.0 Å². The summed E-state index contributed by atoms with van der Waals surface area (Å²) in [6, 6.07) is 13.5. The molecule has 5 rings (SSSR count). The highest BCUT2D eigenvalue weighted by Gasteiger charge is 2.26. The first-order chi connectivity index (χ1) is 13.8. The highest BCUT2D eigenvalue weighted by molar-refractivity contribution is 6.16. The van der Waals surface area contributed by atoms with Gasteiger partial charge in [0.2, 0.25) is 0 Å². The van der Waals surface area contributed by atoms with Crippen molar-refractivity contribution in [1.82, 2.24) is 19.7 Å². The number of pyridine rings is 1. The Bertz CT molecular complexity index is 1180. The molecule has 3 aromatic heterocycles. The van der Waals surface area contributed by atoms with Gasteiger partial charge < -0.3 is 14.5 Å². The third-order valence-corrected chi connectivity index (χ3v) is 5.26. The topological polar surface area (TPSA) is 68.5 Å². The zero-order valence-corrected chi connectivity index (χ0v) is 15.6. The molecule has 0 aliphatic heterocycles. The second-order valence-electron chi connectivity index (χ2n) is 7.13. The number of rotatable bonds is 5. The van der Waals surface area contributed by atoms with Gasteiger partial charge in [-0.25, -0.2) is 9.97 Å². The first-order valence-electron chi connectivity index (χ1n) is 9.42. The number of carbonyl (C=O) groups excluding carboxylic acids is 1. The fraction of sp³-hybridized carbons (Fsp3) is 0.227. The number of ether oxygens (including phenoxy) is 1. The van der Waals surface area contributed by atoms with Crippen LogP contribution >= 0.6 is 0 Å². The minimum absolute atomic E-state index is 0.0739. The third kappa shape index (κ3) is 2.78. The fourth-order valence-electron chi connectivity index (χ4n) is 3.59. The van der Waals surface area contributed by atoms with E-state index in [0.717, 1.165) is 40.1 Å². The number of carbonyl (C=O) groups is 1. The van der Waals surface area contributed by atoms with E-state index in [4.69, 9.17) is 4.74 Å². The Morgan fingerprint density at radius 2 is 2.00 bits per heavy atom. The Balaban J connectivity index is 1.73. The molecule has 0 unspecified atom stereocenters. The predicted molar refractivity (Wildman–Crippen MR) is 108 cm³/mol. The van der Waals surface area contributed by atoms with Gasteiger partial charge in [-0.1, -0.05) is 6.07 Å². The SMILES string of the molecule is COc1ccc(-c2ncnc3c2c(C(=O)NCC2CC2)c2ccccn23)cc1. The molecule has 1 aliphatic carbocycles. The molecule has 1 fully saturated rings. The van der Waals surface area contributed by atoms with Crippen molar-refractivity contribution >= 4 is 22.5 Å². The van der Waals surface area contributed by atoms with Crippen LogP contribution in [0.1, 0.15) is 23.2 Å². The molecule has 0 bridgehead atoms. The van der Waals surface area contributed by atoms with Crippen molar-refractivity contribution < 1.29 is 9.53 Å². The van der Waals surface area contributed by atoms with E-state index in [9.17, 15) is 4.79 Å². The molecule has 140 valence electrons. The van der Waals surface area contributed by atoms with E-state index in [-0.39, 0.29) is 5.91 Å². The van der Waals surface area contributed by atoms with Crippen LogP contribution in [0.3, 0.4) is 0 Å². The Kier molecular flexibility index (Phi) is 3.97. The standard InChI is InChI=1S/C22H20N4O2/c1-28-16-9-7-15(8-10-16)20-19-18(22(27)23-12-14-5-6-14)17-4-2-3-11-26(17)21(19)25-13-24-20/h2-4,7-11,13-14H,5-6,12H2,1H3,(H,23,27). The predicted octanol–water partition coefficient (Wildman–Crippen LogP) is 3.70. The number of nitrogens with zero attached hydrogens (tertiary/aromatic N) is 3. The maximum absolute atomic E-state index is 13.1. The molecule has 1 amide bonds. The summed E-state index contributed by atoms with van der Waals surface area (Å²) in [6.07, 6.45) is 5.86. The largest absolute Gasteiger partial charge is 0.497 e. The highest BCUT2D eigenvalue weighted by atomic mass is 16.5. The summed E-state index contributed by atoms with van der Waals surface area (Å²) >= 11 is 0. The van der Waals surface area contributed by atoms with Gasteiger partial charge in [0.1, 0.15) is 17.7 Å². The van der Waals surface area contributed by atoms with Crippen molar-refractivity contribution in [3.05, 3.63) is 60.6 Å². The van der Waals surface area contributed by atoms with Crippen LogP contribution < -0.4 is 10.1 Å². The lowest BCUT2D eigenvalue weighted by Gasteiger charge is -2.07. The molecule has 1 N–H and O–H groups in total. The van der Waals surface area contributed by atoms with Gasteiger partial charge in [0.25, 0.3) is 5.91 Å². The quantitative estimate of drug-likeness (QED) is 0.580. The van der Waals surface area contributed by atoms with Crippen LogP contribution in [0, 0.1) is 5.92 Å². The van der Waals surface area contributed by atoms with Gasteiger partial charge in [0.15, 0.2) is 0 Å². The minimum Gasteiger partial charge on any atom is -0.497 e. The lowest BCUT2D eigenvalue weighted by molar-refractivity contribution is 0.0955. The highest BCUT2D eigenvalue weighted by Crippen LogP contribution is 2.34.